The molecule has 3 aliphatic heterocycles. The number of fused-ring (bicyclic) bond motifs is 1. The number of rotatable bonds is 6. The van der Waals surface area contributed by atoms with E-state index < -0.39 is 60.3 Å². The molecule has 10 heteroatoms. The zero-order valence-electron chi connectivity index (χ0n) is 13.3. The highest BCUT2D eigenvalue weighted by molar-refractivity contribution is 5.86. The second-order valence-corrected chi connectivity index (χ2v) is 5.71. The quantitative estimate of drug-likeness (QED) is 0.274. The topological polar surface area (TPSA) is 126 Å². The third-order valence-electron chi connectivity index (χ3n) is 4.40. The van der Waals surface area contributed by atoms with Gasteiger partial charge in [-0.15, -0.1) is 0 Å². The Morgan fingerprint density at radius 3 is 2.72 bits per heavy atom. The van der Waals surface area contributed by atoms with E-state index in [1.54, 1.807) is 0 Å². The number of esters is 3. The first-order chi connectivity index (χ1) is 12.0. The molecule has 3 rings (SSSR count). The van der Waals surface area contributed by atoms with Crippen molar-refractivity contribution >= 4 is 24.0 Å². The molecular formula is C15H17NO9. The highest BCUT2D eigenvalue weighted by Gasteiger charge is 2.72. The molecule has 6 unspecified atom stereocenters. The number of ether oxygens (including phenoxy) is 5. The summed E-state index contributed by atoms with van der Waals surface area (Å²) in [5, 5.41) is 2.39. The van der Waals surface area contributed by atoms with Crippen LogP contribution >= 0.6 is 0 Å². The van der Waals surface area contributed by atoms with Gasteiger partial charge in [0.15, 0.2) is 12.2 Å². The summed E-state index contributed by atoms with van der Waals surface area (Å²) in [6.07, 6.45) is -2.89. The Hall–Kier alpha value is -2.62. The number of nitrogens with one attached hydrogen (secondary N) is 1. The van der Waals surface area contributed by atoms with Gasteiger partial charge in [-0.3, -0.25) is 9.59 Å². The first-order valence-electron chi connectivity index (χ1n) is 7.65. The third kappa shape index (κ3) is 2.93. The minimum Gasteiger partial charge on any atom is -0.469 e. The standard InChI is InChI=1S/C15H17NO9/c1-3-6(17)22-5-4-16-15(20)25-12-9-7(13(18)21-2)8-10(23-9)11(12)24-14(8)19/h3,7-12H,1,4-5H2,2H3,(H,16,20). The normalized spacial score (nSPS) is 34.2. The Labute approximate surface area is 142 Å². The monoisotopic (exact) mass is 355 g/mol. The predicted octanol–water partition coefficient (Wildman–Crippen LogP) is -1.08. The van der Waals surface area contributed by atoms with Crippen molar-refractivity contribution in [3.63, 3.8) is 0 Å². The molecule has 25 heavy (non-hydrogen) atoms. The van der Waals surface area contributed by atoms with Crippen molar-refractivity contribution in [2.75, 3.05) is 20.3 Å². The van der Waals surface area contributed by atoms with E-state index in [1.807, 2.05) is 0 Å². The maximum atomic E-state index is 11.9. The Bertz CT molecular complexity index is 618. The Balaban J connectivity index is 1.57. The van der Waals surface area contributed by atoms with E-state index in [9.17, 15) is 19.2 Å². The summed E-state index contributed by atoms with van der Waals surface area (Å²) in [5.41, 5.74) is 0. The average Bonchev–Trinajstić information content (AvgIpc) is 3.21. The van der Waals surface area contributed by atoms with Gasteiger partial charge in [-0.05, 0) is 0 Å². The van der Waals surface area contributed by atoms with Crippen LogP contribution in [0.5, 0.6) is 0 Å². The molecule has 136 valence electrons. The van der Waals surface area contributed by atoms with E-state index in [0.29, 0.717) is 0 Å². The van der Waals surface area contributed by atoms with E-state index in [4.69, 9.17) is 23.7 Å². The Morgan fingerprint density at radius 2 is 2.04 bits per heavy atom. The van der Waals surface area contributed by atoms with E-state index >= 15 is 0 Å². The molecule has 1 N–H and O–H groups in total. The van der Waals surface area contributed by atoms with Crippen molar-refractivity contribution in [2.24, 2.45) is 11.8 Å². The van der Waals surface area contributed by atoms with E-state index in [0.717, 1.165) is 6.08 Å². The summed E-state index contributed by atoms with van der Waals surface area (Å²) in [6, 6.07) is 0. The molecular weight excluding hydrogens is 338 g/mol. The van der Waals surface area contributed by atoms with Crippen LogP contribution in [0.2, 0.25) is 0 Å². The molecule has 0 aromatic heterocycles. The molecule has 3 aliphatic rings. The summed E-state index contributed by atoms with van der Waals surface area (Å²) in [7, 11) is 1.21. The Morgan fingerprint density at radius 1 is 1.28 bits per heavy atom. The fourth-order valence-electron chi connectivity index (χ4n) is 3.40. The second kappa shape index (κ2) is 6.71. The summed E-state index contributed by atoms with van der Waals surface area (Å²) in [4.78, 5) is 46.6. The van der Waals surface area contributed by atoms with Crippen LogP contribution in [-0.4, -0.2) is 68.7 Å². The van der Waals surface area contributed by atoms with Gasteiger partial charge in [-0.1, -0.05) is 6.58 Å². The van der Waals surface area contributed by atoms with Crippen LogP contribution in [0.4, 0.5) is 4.79 Å². The van der Waals surface area contributed by atoms with Crippen molar-refractivity contribution in [2.45, 2.75) is 24.4 Å². The van der Waals surface area contributed by atoms with Gasteiger partial charge >= 0.3 is 24.0 Å². The third-order valence-corrected chi connectivity index (χ3v) is 4.40. The van der Waals surface area contributed by atoms with E-state index in [2.05, 4.69) is 11.9 Å². The van der Waals surface area contributed by atoms with Gasteiger partial charge in [0, 0.05) is 6.08 Å². The van der Waals surface area contributed by atoms with Gasteiger partial charge in [0.2, 0.25) is 0 Å². The van der Waals surface area contributed by atoms with Gasteiger partial charge in [0.25, 0.3) is 0 Å². The number of hydrogen-bond acceptors (Lipinski definition) is 9. The largest absolute Gasteiger partial charge is 0.469 e. The highest BCUT2D eigenvalue weighted by Crippen LogP contribution is 2.51. The average molecular weight is 355 g/mol. The molecule has 3 saturated heterocycles. The molecule has 2 bridgehead atoms. The molecule has 10 nitrogen and oxygen atoms in total. The number of methoxy groups -OCH3 is 1. The van der Waals surface area contributed by atoms with Gasteiger partial charge in [0.05, 0.1) is 13.7 Å². The molecule has 0 aliphatic carbocycles. The number of carbonyl (C=O) groups is 4. The van der Waals surface area contributed by atoms with Gasteiger partial charge in [-0.2, -0.15) is 0 Å². The lowest BCUT2D eigenvalue weighted by atomic mass is 9.78. The van der Waals surface area contributed by atoms with Gasteiger partial charge < -0.3 is 29.0 Å². The summed E-state index contributed by atoms with van der Waals surface area (Å²) >= 11 is 0. The van der Waals surface area contributed by atoms with Crippen molar-refractivity contribution in [3.05, 3.63) is 12.7 Å². The van der Waals surface area contributed by atoms with Gasteiger partial charge in [0.1, 0.15) is 30.7 Å². The van der Waals surface area contributed by atoms with E-state index in [1.165, 1.54) is 7.11 Å². The minimum atomic E-state index is -0.910. The van der Waals surface area contributed by atoms with Crippen LogP contribution in [0.25, 0.3) is 0 Å². The molecule has 6 atom stereocenters. The lowest BCUT2D eigenvalue weighted by molar-refractivity contribution is -0.153. The first kappa shape index (κ1) is 17.2. The zero-order valence-corrected chi connectivity index (χ0v) is 13.3. The molecule has 0 saturated carbocycles. The van der Waals surface area contributed by atoms with Crippen molar-refractivity contribution in [1.82, 2.24) is 5.32 Å². The number of carbonyl (C=O) groups excluding carboxylic acids is 4. The zero-order chi connectivity index (χ0) is 18.1. The number of alkyl carbamates (subject to hydrolysis) is 1. The van der Waals surface area contributed by atoms with Crippen LogP contribution in [0.15, 0.2) is 12.7 Å². The fraction of sp³-hybridized carbons (Fsp3) is 0.600. The SMILES string of the molecule is C=CC(=O)OCCNC(=O)OC1C2OC(=O)C3C2OC1C3C(=O)OC. The van der Waals surface area contributed by atoms with Crippen LogP contribution < -0.4 is 5.32 Å². The molecule has 0 aromatic carbocycles. The summed E-state index contributed by atoms with van der Waals surface area (Å²) in [5.74, 6) is -3.38. The smallest absolute Gasteiger partial charge is 0.407 e. The second-order valence-electron chi connectivity index (χ2n) is 5.71. The van der Waals surface area contributed by atoms with Crippen molar-refractivity contribution in [1.29, 1.82) is 0 Å². The number of amides is 1. The first-order valence-corrected chi connectivity index (χ1v) is 7.65. The van der Waals surface area contributed by atoms with Crippen LogP contribution in [0.1, 0.15) is 0 Å². The maximum absolute atomic E-state index is 11.9. The van der Waals surface area contributed by atoms with Crippen molar-refractivity contribution < 1.29 is 42.9 Å². The van der Waals surface area contributed by atoms with Crippen LogP contribution in [0.3, 0.4) is 0 Å². The maximum Gasteiger partial charge on any atom is 0.407 e. The molecule has 0 aromatic rings. The molecule has 3 fully saturated rings. The predicted molar refractivity (Wildman–Crippen MR) is 77.0 cm³/mol. The van der Waals surface area contributed by atoms with Gasteiger partial charge in [-0.25, -0.2) is 9.59 Å². The summed E-state index contributed by atoms with van der Waals surface area (Å²) < 4.78 is 25.5. The van der Waals surface area contributed by atoms with Crippen LogP contribution in [0, 0.1) is 11.8 Å². The lowest BCUT2D eigenvalue weighted by Crippen LogP contribution is -2.49. The van der Waals surface area contributed by atoms with E-state index in [-0.39, 0.29) is 13.2 Å². The number of hydrogen-bond donors (Lipinski definition) is 1. The lowest BCUT2D eigenvalue weighted by Gasteiger charge is -2.26. The molecule has 0 radical (unpaired) electrons. The summed E-state index contributed by atoms with van der Waals surface area (Å²) in [6.45, 7) is 3.21. The Kier molecular flexibility index (Phi) is 4.62. The highest BCUT2D eigenvalue weighted by atomic mass is 16.7. The van der Waals surface area contributed by atoms with Crippen LogP contribution in [-0.2, 0) is 38.1 Å². The molecule has 0 spiro atoms. The molecule has 1 amide bonds. The fourth-order valence-corrected chi connectivity index (χ4v) is 3.40. The minimum absolute atomic E-state index is 0.0214. The van der Waals surface area contributed by atoms with Crippen molar-refractivity contribution in [3.8, 4) is 0 Å². The molecule has 3 heterocycles.